The topological polar surface area (TPSA) is 46.5 Å². The van der Waals surface area contributed by atoms with Gasteiger partial charge in [-0.1, -0.05) is 30.8 Å². The molecule has 0 bridgehead atoms. The third-order valence-corrected chi connectivity index (χ3v) is 1.61. The quantitative estimate of drug-likeness (QED) is 0.551. The van der Waals surface area contributed by atoms with Crippen LogP contribution in [0.4, 0.5) is 4.79 Å². The molecule has 0 aliphatic carbocycles. The van der Waals surface area contributed by atoms with Crippen LogP contribution in [0.3, 0.4) is 0 Å². The molecule has 0 fully saturated rings. The summed E-state index contributed by atoms with van der Waals surface area (Å²) in [4.78, 5) is 9.31. The summed E-state index contributed by atoms with van der Waals surface area (Å²) in [5.74, 6) is 0. The molecule has 1 rings (SSSR count). The fourth-order valence-corrected chi connectivity index (χ4v) is 0.734. The first-order chi connectivity index (χ1) is 6.57. The predicted octanol–water partition coefficient (Wildman–Crippen LogP) is 3.13. The van der Waals surface area contributed by atoms with Crippen LogP contribution in [0.1, 0.15) is 11.1 Å². The summed E-state index contributed by atoms with van der Waals surface area (Å²) < 4.78 is 3.72. The van der Waals surface area contributed by atoms with Gasteiger partial charge in [0, 0.05) is 0 Å². The van der Waals surface area contributed by atoms with Gasteiger partial charge in [0.2, 0.25) is 0 Å². The molecule has 0 heterocycles. The van der Waals surface area contributed by atoms with Crippen molar-refractivity contribution in [2.45, 2.75) is 13.8 Å². The van der Waals surface area contributed by atoms with E-state index in [1.54, 1.807) is 0 Å². The first kappa shape index (κ1) is 12.2. The van der Waals surface area contributed by atoms with Crippen LogP contribution < -0.4 is 0 Å². The Kier molecular flexibility index (Phi) is 5.87. The van der Waals surface area contributed by atoms with Gasteiger partial charge in [-0.3, -0.25) is 0 Å². The number of carbonyl (C=O) groups is 1. The molecule has 14 heavy (non-hydrogen) atoms. The van der Waals surface area contributed by atoms with Crippen molar-refractivity contribution in [3.8, 4) is 0 Å². The lowest BCUT2D eigenvalue weighted by Crippen LogP contribution is -1.89. The van der Waals surface area contributed by atoms with E-state index in [0.717, 1.165) is 6.26 Å². The Balaban J connectivity index is 0.000000255. The Morgan fingerprint density at radius 2 is 1.79 bits per heavy atom. The van der Waals surface area contributed by atoms with Gasteiger partial charge in [-0.15, -0.1) is 0 Å². The van der Waals surface area contributed by atoms with Crippen molar-refractivity contribution < 1.29 is 14.6 Å². The Labute approximate surface area is 83.6 Å². The van der Waals surface area contributed by atoms with Gasteiger partial charge in [0.05, 0.1) is 6.26 Å². The number of ether oxygens (including phenoxy) is 1. The van der Waals surface area contributed by atoms with E-state index >= 15 is 0 Å². The number of carboxylic acid groups (broad SMARTS) is 1. The number of rotatable bonds is 1. The van der Waals surface area contributed by atoms with Gasteiger partial charge < -0.3 is 9.84 Å². The molecule has 76 valence electrons. The fraction of sp³-hybridized carbons (Fsp3) is 0.182. The minimum atomic E-state index is -1.33. The minimum Gasteiger partial charge on any atom is -0.449 e. The summed E-state index contributed by atoms with van der Waals surface area (Å²) in [6.45, 7) is 7.24. The Morgan fingerprint density at radius 1 is 1.36 bits per heavy atom. The number of aryl methyl sites for hydroxylation is 2. The van der Waals surface area contributed by atoms with Gasteiger partial charge in [-0.2, -0.15) is 0 Å². The smallest absolute Gasteiger partial charge is 0.449 e. The second-order valence-corrected chi connectivity index (χ2v) is 2.63. The van der Waals surface area contributed by atoms with Crippen LogP contribution in [0.25, 0.3) is 0 Å². The molecule has 3 nitrogen and oxygen atoms in total. The highest BCUT2D eigenvalue weighted by atomic mass is 16.7. The molecule has 0 spiro atoms. The highest BCUT2D eigenvalue weighted by Gasteiger charge is 1.84. The predicted molar refractivity (Wildman–Crippen MR) is 55.2 cm³/mol. The first-order valence-corrected chi connectivity index (χ1v) is 4.10. The van der Waals surface area contributed by atoms with Crippen molar-refractivity contribution in [2.75, 3.05) is 0 Å². The molecular weight excluding hydrogens is 180 g/mol. The molecule has 0 aliphatic heterocycles. The van der Waals surface area contributed by atoms with Crippen molar-refractivity contribution in [1.82, 2.24) is 0 Å². The van der Waals surface area contributed by atoms with E-state index < -0.39 is 6.16 Å². The molecule has 0 unspecified atom stereocenters. The molecule has 1 N–H and O–H groups in total. The highest BCUT2D eigenvalue weighted by Crippen LogP contribution is 2.02. The van der Waals surface area contributed by atoms with E-state index in [0.29, 0.717) is 0 Å². The second kappa shape index (κ2) is 6.71. The summed E-state index contributed by atoms with van der Waals surface area (Å²) in [5, 5.41) is 7.62. The van der Waals surface area contributed by atoms with E-state index in [1.165, 1.54) is 11.1 Å². The molecule has 1 aromatic rings. The summed E-state index contributed by atoms with van der Waals surface area (Å²) in [6, 6.07) is 8.36. The molecule has 0 aromatic heterocycles. The minimum absolute atomic E-state index is 0.850. The average molecular weight is 194 g/mol. The van der Waals surface area contributed by atoms with Crippen LogP contribution in [0.2, 0.25) is 0 Å². The zero-order valence-corrected chi connectivity index (χ0v) is 8.36. The lowest BCUT2D eigenvalue weighted by Gasteiger charge is -1.93. The summed E-state index contributed by atoms with van der Waals surface area (Å²) in [5.41, 5.74) is 2.74. The second-order valence-electron chi connectivity index (χ2n) is 2.63. The molecule has 1 aromatic carbocycles. The van der Waals surface area contributed by atoms with Gasteiger partial charge in [0.1, 0.15) is 0 Å². The molecular formula is C11H14O3. The SMILES string of the molecule is C=COC(=O)O.Cc1ccccc1C. The molecule has 0 aliphatic rings. The normalized spacial score (nSPS) is 8.14. The fourth-order valence-electron chi connectivity index (χ4n) is 0.734. The Morgan fingerprint density at radius 3 is 1.93 bits per heavy atom. The van der Waals surface area contributed by atoms with Gasteiger partial charge in [-0.25, -0.2) is 4.79 Å². The number of hydrogen-bond donors (Lipinski definition) is 1. The Bertz CT molecular complexity index is 284. The number of benzene rings is 1. The maximum Gasteiger partial charge on any atom is 0.510 e. The molecule has 0 amide bonds. The lowest BCUT2D eigenvalue weighted by atomic mass is 10.1. The van der Waals surface area contributed by atoms with Gasteiger partial charge in [0.15, 0.2) is 0 Å². The maximum absolute atomic E-state index is 9.31. The first-order valence-electron chi connectivity index (χ1n) is 4.10. The zero-order valence-electron chi connectivity index (χ0n) is 8.36. The largest absolute Gasteiger partial charge is 0.510 e. The maximum atomic E-state index is 9.31. The molecule has 0 saturated heterocycles. The average Bonchev–Trinajstić information content (AvgIpc) is 2.11. The van der Waals surface area contributed by atoms with E-state index in [2.05, 4.69) is 49.4 Å². The lowest BCUT2D eigenvalue weighted by molar-refractivity contribution is 0.128. The van der Waals surface area contributed by atoms with Crippen LogP contribution in [-0.4, -0.2) is 11.3 Å². The van der Waals surface area contributed by atoms with E-state index in [1.807, 2.05) is 0 Å². The van der Waals surface area contributed by atoms with E-state index in [9.17, 15) is 4.79 Å². The van der Waals surface area contributed by atoms with Gasteiger partial charge >= 0.3 is 6.16 Å². The molecule has 3 heteroatoms. The van der Waals surface area contributed by atoms with Crippen LogP contribution in [0, 0.1) is 13.8 Å². The summed E-state index contributed by atoms with van der Waals surface area (Å²) in [7, 11) is 0. The number of hydrogen-bond acceptors (Lipinski definition) is 2. The van der Waals surface area contributed by atoms with E-state index in [-0.39, 0.29) is 0 Å². The van der Waals surface area contributed by atoms with Crippen LogP contribution in [0.15, 0.2) is 37.1 Å². The summed E-state index contributed by atoms with van der Waals surface area (Å²) >= 11 is 0. The zero-order chi connectivity index (χ0) is 11.0. The van der Waals surface area contributed by atoms with Crippen molar-refractivity contribution in [1.29, 1.82) is 0 Å². The van der Waals surface area contributed by atoms with Crippen LogP contribution in [-0.2, 0) is 4.74 Å². The summed E-state index contributed by atoms with van der Waals surface area (Å²) in [6.07, 6.45) is -0.479. The monoisotopic (exact) mass is 194 g/mol. The van der Waals surface area contributed by atoms with Gasteiger partial charge in [0.25, 0.3) is 0 Å². The van der Waals surface area contributed by atoms with Crippen molar-refractivity contribution in [3.05, 3.63) is 48.2 Å². The van der Waals surface area contributed by atoms with Crippen molar-refractivity contribution in [2.24, 2.45) is 0 Å². The third kappa shape index (κ3) is 5.83. The molecule has 0 radical (unpaired) electrons. The van der Waals surface area contributed by atoms with Crippen LogP contribution >= 0.6 is 0 Å². The standard InChI is InChI=1S/C8H10.C3H4O3/c1-7-5-3-4-6-8(7)2;1-2-6-3(4)5/h3-6H,1-2H3;2H,1H2,(H,4,5). The van der Waals surface area contributed by atoms with Crippen molar-refractivity contribution in [3.63, 3.8) is 0 Å². The molecule has 0 atom stereocenters. The highest BCUT2D eigenvalue weighted by molar-refractivity contribution is 5.57. The van der Waals surface area contributed by atoms with Gasteiger partial charge in [-0.05, 0) is 25.0 Å². The van der Waals surface area contributed by atoms with E-state index in [4.69, 9.17) is 5.11 Å². The van der Waals surface area contributed by atoms with Crippen LogP contribution in [0.5, 0.6) is 0 Å². The van der Waals surface area contributed by atoms with Crippen molar-refractivity contribution >= 4 is 6.16 Å². The third-order valence-electron chi connectivity index (χ3n) is 1.61. The molecule has 0 saturated carbocycles. The Hall–Kier alpha value is -1.77.